The van der Waals surface area contributed by atoms with Crippen LogP contribution in [0.15, 0.2) is 0 Å². The molecule has 2 aliphatic rings. The van der Waals surface area contributed by atoms with E-state index in [1.807, 2.05) is 0 Å². The quantitative estimate of drug-likeness (QED) is 0.809. The molecule has 1 aliphatic heterocycles. The Kier molecular flexibility index (Phi) is 8.31. The summed E-state index contributed by atoms with van der Waals surface area (Å²) in [5.41, 5.74) is 0. The Hall–Kier alpha value is 0.170. The Morgan fingerprint density at radius 2 is 1.74 bits per heavy atom. The summed E-state index contributed by atoms with van der Waals surface area (Å²) in [7, 11) is 4.38. The lowest BCUT2D eigenvalue weighted by Gasteiger charge is -2.34. The zero-order chi connectivity index (χ0) is 12.8. The molecule has 1 N–H and O–H groups in total. The molecule has 1 heterocycles. The Balaban J connectivity index is 0.00000180. The van der Waals surface area contributed by atoms with Gasteiger partial charge in [0.25, 0.3) is 0 Å². The maximum absolute atomic E-state index is 3.56. The average molecular weight is 290 g/mol. The second-order valence-electron chi connectivity index (χ2n) is 6.45. The number of hydrogen-bond acceptors (Lipinski definition) is 3. The number of nitrogens with one attached hydrogen (secondary N) is 1. The fraction of sp³-hybridized carbons (Fsp3) is 1.00. The molecule has 0 aromatic heterocycles. The molecule has 0 aromatic rings. The maximum Gasteiger partial charge on any atom is 0.0112 e. The van der Waals surface area contributed by atoms with E-state index >= 15 is 0 Å². The largest absolute Gasteiger partial charge is 0.316 e. The highest BCUT2D eigenvalue weighted by atomic mass is 35.5. The molecule has 0 radical (unpaired) electrons. The van der Waals surface area contributed by atoms with E-state index in [1.165, 1.54) is 71.2 Å². The molecule has 0 spiro atoms. The summed E-state index contributed by atoms with van der Waals surface area (Å²) < 4.78 is 0. The van der Waals surface area contributed by atoms with Crippen molar-refractivity contribution in [2.75, 3.05) is 46.8 Å². The molecule has 0 amide bonds. The number of likely N-dealkylation sites (N-methyl/N-ethyl adjacent to an activating group) is 1. The topological polar surface area (TPSA) is 18.5 Å². The summed E-state index contributed by atoms with van der Waals surface area (Å²) in [4.78, 5) is 5.12. The van der Waals surface area contributed by atoms with Gasteiger partial charge in [-0.2, -0.15) is 0 Å². The van der Waals surface area contributed by atoms with E-state index in [4.69, 9.17) is 0 Å². The number of rotatable bonds is 6. The molecule has 1 atom stereocenters. The van der Waals surface area contributed by atoms with Crippen molar-refractivity contribution in [2.24, 2.45) is 5.92 Å². The zero-order valence-electron chi connectivity index (χ0n) is 12.7. The van der Waals surface area contributed by atoms with Crippen molar-refractivity contribution in [2.45, 2.75) is 44.6 Å². The van der Waals surface area contributed by atoms with Gasteiger partial charge in [0.15, 0.2) is 0 Å². The first-order chi connectivity index (χ1) is 8.75. The van der Waals surface area contributed by atoms with E-state index in [1.54, 1.807) is 0 Å². The number of nitrogens with zero attached hydrogens (tertiary/aromatic N) is 2. The number of hydrogen-bond donors (Lipinski definition) is 1. The van der Waals surface area contributed by atoms with E-state index < -0.39 is 0 Å². The van der Waals surface area contributed by atoms with Crippen molar-refractivity contribution in [1.29, 1.82) is 0 Å². The van der Waals surface area contributed by atoms with Gasteiger partial charge in [-0.05, 0) is 58.8 Å². The molecule has 1 saturated heterocycles. The fourth-order valence-corrected chi connectivity index (χ4v) is 3.43. The van der Waals surface area contributed by atoms with Crippen LogP contribution in [0.3, 0.4) is 0 Å². The zero-order valence-corrected chi connectivity index (χ0v) is 13.6. The molecule has 4 heteroatoms. The van der Waals surface area contributed by atoms with Crippen LogP contribution in [0.25, 0.3) is 0 Å². The van der Waals surface area contributed by atoms with Gasteiger partial charge in [-0.25, -0.2) is 0 Å². The summed E-state index contributed by atoms with van der Waals surface area (Å²) in [6.45, 7) is 6.26. The summed E-state index contributed by atoms with van der Waals surface area (Å²) in [5, 5.41) is 3.56. The van der Waals surface area contributed by atoms with E-state index in [0.717, 1.165) is 12.0 Å². The highest BCUT2D eigenvalue weighted by Gasteiger charge is 2.25. The number of piperidine rings is 1. The third kappa shape index (κ3) is 5.99. The third-order valence-electron chi connectivity index (χ3n) is 4.57. The lowest BCUT2D eigenvalue weighted by molar-refractivity contribution is 0.143. The SMILES string of the molecule is CN(C)CCN(CC1CCCNC1)C1CCCC1.Cl. The first kappa shape index (κ1) is 17.2. The number of halogens is 1. The van der Waals surface area contributed by atoms with Crippen molar-refractivity contribution in [1.82, 2.24) is 15.1 Å². The first-order valence-corrected chi connectivity index (χ1v) is 7.85. The second kappa shape index (κ2) is 9.17. The molecule has 19 heavy (non-hydrogen) atoms. The van der Waals surface area contributed by atoms with Gasteiger partial charge < -0.3 is 10.2 Å². The molecule has 0 aromatic carbocycles. The van der Waals surface area contributed by atoms with Crippen molar-refractivity contribution in [3.63, 3.8) is 0 Å². The lowest BCUT2D eigenvalue weighted by atomic mass is 9.98. The molecule has 2 rings (SSSR count). The van der Waals surface area contributed by atoms with E-state index in [9.17, 15) is 0 Å². The van der Waals surface area contributed by atoms with Crippen LogP contribution in [0, 0.1) is 5.92 Å². The third-order valence-corrected chi connectivity index (χ3v) is 4.57. The van der Waals surface area contributed by atoms with Crippen molar-refractivity contribution in [3.05, 3.63) is 0 Å². The molecule has 1 saturated carbocycles. The lowest BCUT2D eigenvalue weighted by Crippen LogP contribution is -2.44. The minimum atomic E-state index is 0. The summed E-state index contributed by atoms with van der Waals surface area (Å²) in [6.07, 6.45) is 8.58. The molecule has 1 aliphatic carbocycles. The van der Waals surface area contributed by atoms with Crippen LogP contribution in [-0.4, -0.2) is 62.7 Å². The molecular weight excluding hydrogens is 258 g/mol. The van der Waals surface area contributed by atoms with Gasteiger partial charge in [-0.1, -0.05) is 12.8 Å². The van der Waals surface area contributed by atoms with Gasteiger partial charge in [-0.15, -0.1) is 12.4 Å². The Bertz CT molecular complexity index is 223. The molecular formula is C15H32ClN3. The normalized spacial score (nSPS) is 24.9. The molecule has 0 bridgehead atoms. The van der Waals surface area contributed by atoms with Crippen LogP contribution in [0.2, 0.25) is 0 Å². The second-order valence-corrected chi connectivity index (χ2v) is 6.45. The molecule has 2 fully saturated rings. The first-order valence-electron chi connectivity index (χ1n) is 7.85. The molecule has 114 valence electrons. The van der Waals surface area contributed by atoms with Crippen molar-refractivity contribution < 1.29 is 0 Å². The van der Waals surface area contributed by atoms with Crippen LogP contribution in [0.1, 0.15) is 38.5 Å². The van der Waals surface area contributed by atoms with Crippen LogP contribution < -0.4 is 5.32 Å². The summed E-state index contributed by atoms with van der Waals surface area (Å²) >= 11 is 0. The van der Waals surface area contributed by atoms with E-state index in [2.05, 4.69) is 29.2 Å². The van der Waals surface area contributed by atoms with Gasteiger partial charge in [0, 0.05) is 25.7 Å². The standard InChI is InChI=1S/C15H31N3.ClH/c1-17(2)10-11-18(15-7-3-4-8-15)13-14-6-5-9-16-12-14;/h14-16H,3-13H2,1-2H3;1H. The highest BCUT2D eigenvalue weighted by molar-refractivity contribution is 5.85. The van der Waals surface area contributed by atoms with Crippen LogP contribution in [0.4, 0.5) is 0 Å². The van der Waals surface area contributed by atoms with Gasteiger partial charge in [0.2, 0.25) is 0 Å². The smallest absolute Gasteiger partial charge is 0.0112 e. The Morgan fingerprint density at radius 3 is 2.32 bits per heavy atom. The highest BCUT2D eigenvalue weighted by Crippen LogP contribution is 2.25. The molecule has 1 unspecified atom stereocenters. The Labute approximate surface area is 125 Å². The van der Waals surface area contributed by atoms with E-state index in [0.29, 0.717) is 0 Å². The van der Waals surface area contributed by atoms with E-state index in [-0.39, 0.29) is 12.4 Å². The van der Waals surface area contributed by atoms with Gasteiger partial charge >= 0.3 is 0 Å². The maximum atomic E-state index is 3.56. The summed E-state index contributed by atoms with van der Waals surface area (Å²) in [5.74, 6) is 0.890. The fourth-order valence-electron chi connectivity index (χ4n) is 3.43. The Morgan fingerprint density at radius 1 is 1.00 bits per heavy atom. The monoisotopic (exact) mass is 289 g/mol. The minimum absolute atomic E-state index is 0. The van der Waals surface area contributed by atoms with Gasteiger partial charge in [-0.3, -0.25) is 4.90 Å². The average Bonchev–Trinajstić information content (AvgIpc) is 2.89. The minimum Gasteiger partial charge on any atom is -0.316 e. The summed E-state index contributed by atoms with van der Waals surface area (Å²) in [6, 6.07) is 0.881. The van der Waals surface area contributed by atoms with Crippen LogP contribution >= 0.6 is 12.4 Å². The predicted octanol–water partition coefficient (Wildman–Crippen LogP) is 2.21. The van der Waals surface area contributed by atoms with Gasteiger partial charge in [0.05, 0.1) is 0 Å². The van der Waals surface area contributed by atoms with Crippen LogP contribution in [-0.2, 0) is 0 Å². The van der Waals surface area contributed by atoms with Crippen LogP contribution in [0.5, 0.6) is 0 Å². The predicted molar refractivity (Wildman–Crippen MR) is 85.2 cm³/mol. The van der Waals surface area contributed by atoms with Gasteiger partial charge in [0.1, 0.15) is 0 Å². The van der Waals surface area contributed by atoms with Crippen molar-refractivity contribution in [3.8, 4) is 0 Å². The van der Waals surface area contributed by atoms with Crippen molar-refractivity contribution >= 4 is 12.4 Å². The molecule has 3 nitrogen and oxygen atoms in total.